The Morgan fingerprint density at radius 3 is 2.85 bits per heavy atom. The molecule has 2 heterocycles. The molecule has 5 atom stereocenters. The number of azide groups is 1. The molecule has 0 aromatic heterocycles. The van der Waals surface area contributed by atoms with E-state index in [2.05, 4.69) is 10.0 Å². The highest BCUT2D eigenvalue weighted by molar-refractivity contribution is 4.97. The van der Waals surface area contributed by atoms with Crippen LogP contribution < -0.4 is 0 Å². The lowest BCUT2D eigenvalue weighted by atomic mass is 9.99. The first-order chi connectivity index (χ1) is 6.24. The summed E-state index contributed by atoms with van der Waals surface area (Å²) in [5.41, 5.74) is 8.20. The summed E-state index contributed by atoms with van der Waals surface area (Å²) in [5.74, 6) is 0. The van der Waals surface area contributed by atoms with Gasteiger partial charge in [-0.25, -0.2) is 0 Å². The molecule has 0 unspecified atom stereocenters. The first-order valence-corrected chi connectivity index (χ1v) is 3.91. The van der Waals surface area contributed by atoms with Crippen molar-refractivity contribution in [2.24, 2.45) is 5.11 Å². The van der Waals surface area contributed by atoms with Gasteiger partial charge in [0.25, 0.3) is 0 Å². The minimum atomic E-state index is -1.09. The molecule has 0 saturated carbocycles. The van der Waals surface area contributed by atoms with Crippen molar-refractivity contribution in [2.75, 3.05) is 6.61 Å². The Labute approximate surface area is 73.5 Å². The molecule has 0 aromatic rings. The quantitative estimate of drug-likeness (QED) is 0.316. The van der Waals surface area contributed by atoms with E-state index < -0.39 is 30.6 Å². The predicted octanol–water partition coefficient (Wildman–Crippen LogP) is -0.858. The minimum Gasteiger partial charge on any atom is -0.390 e. The van der Waals surface area contributed by atoms with Crippen LogP contribution in [-0.4, -0.2) is 47.5 Å². The summed E-state index contributed by atoms with van der Waals surface area (Å²) >= 11 is 0. The maximum Gasteiger partial charge on any atom is 0.184 e. The van der Waals surface area contributed by atoms with Gasteiger partial charge >= 0.3 is 0 Å². The number of fused-ring (bicyclic) bond motifs is 2. The zero-order valence-corrected chi connectivity index (χ0v) is 6.65. The number of rotatable bonds is 1. The van der Waals surface area contributed by atoms with Crippen LogP contribution in [0.4, 0.5) is 0 Å². The van der Waals surface area contributed by atoms with Crippen molar-refractivity contribution in [3.63, 3.8) is 0 Å². The SMILES string of the molecule is [N-]=[N+]=N[C@@H]1[C@H](O)[C@@H]2OC[C@@H](O2)[C@H]1O. The van der Waals surface area contributed by atoms with Crippen molar-refractivity contribution < 1.29 is 19.7 Å². The van der Waals surface area contributed by atoms with E-state index >= 15 is 0 Å². The van der Waals surface area contributed by atoms with Crippen LogP contribution in [0.1, 0.15) is 0 Å². The van der Waals surface area contributed by atoms with Crippen molar-refractivity contribution in [1.82, 2.24) is 0 Å². The highest BCUT2D eigenvalue weighted by Crippen LogP contribution is 2.29. The molecule has 72 valence electrons. The van der Waals surface area contributed by atoms with Crippen LogP contribution in [0.25, 0.3) is 10.4 Å². The lowest BCUT2D eigenvalue weighted by molar-refractivity contribution is -0.189. The maximum absolute atomic E-state index is 9.53. The second-order valence-corrected chi connectivity index (χ2v) is 3.05. The summed E-state index contributed by atoms with van der Waals surface area (Å²) < 4.78 is 10.1. The maximum atomic E-state index is 9.53. The van der Waals surface area contributed by atoms with Crippen molar-refractivity contribution in [1.29, 1.82) is 0 Å². The van der Waals surface area contributed by atoms with Gasteiger partial charge in [0.1, 0.15) is 12.2 Å². The number of hydrogen-bond donors (Lipinski definition) is 2. The number of aliphatic hydroxyl groups excluding tert-OH is 2. The molecular weight excluding hydrogens is 178 g/mol. The van der Waals surface area contributed by atoms with Crippen LogP contribution in [-0.2, 0) is 9.47 Å². The van der Waals surface area contributed by atoms with Gasteiger partial charge in [-0.3, -0.25) is 0 Å². The van der Waals surface area contributed by atoms with E-state index in [0.29, 0.717) is 0 Å². The van der Waals surface area contributed by atoms with Crippen LogP contribution in [0, 0.1) is 0 Å². The molecule has 2 saturated heterocycles. The van der Waals surface area contributed by atoms with E-state index in [9.17, 15) is 10.2 Å². The molecule has 7 nitrogen and oxygen atoms in total. The van der Waals surface area contributed by atoms with E-state index in [1.807, 2.05) is 0 Å². The Balaban J connectivity index is 2.21. The molecule has 13 heavy (non-hydrogen) atoms. The molecule has 7 heteroatoms. The Bertz CT molecular complexity index is 238. The molecule has 2 aliphatic heterocycles. The fraction of sp³-hybridized carbons (Fsp3) is 1.00. The Morgan fingerprint density at radius 2 is 2.15 bits per heavy atom. The average Bonchev–Trinajstić information content (AvgIpc) is 2.56. The van der Waals surface area contributed by atoms with Gasteiger partial charge < -0.3 is 19.7 Å². The molecule has 0 radical (unpaired) electrons. The standard InChI is InChI=1S/C6H9N3O4/c7-9-8-3-4(10)2-1-12-6(13-2)5(3)11/h2-6,10-11H,1H2/t2-,3+,4-,5+,6-/m1/s1. The fourth-order valence-corrected chi connectivity index (χ4v) is 1.58. The lowest BCUT2D eigenvalue weighted by Gasteiger charge is -2.32. The van der Waals surface area contributed by atoms with Crippen molar-refractivity contribution in [3.8, 4) is 0 Å². The first kappa shape index (κ1) is 8.74. The molecule has 2 aliphatic rings. The average molecular weight is 187 g/mol. The third-order valence-electron chi connectivity index (χ3n) is 2.28. The molecular formula is C6H9N3O4. The van der Waals surface area contributed by atoms with Gasteiger partial charge in [-0.1, -0.05) is 5.11 Å². The lowest BCUT2D eigenvalue weighted by Crippen LogP contribution is -2.52. The second kappa shape index (κ2) is 3.13. The van der Waals surface area contributed by atoms with Crippen LogP contribution in [0.3, 0.4) is 0 Å². The molecule has 2 bridgehead atoms. The van der Waals surface area contributed by atoms with E-state index in [4.69, 9.17) is 15.0 Å². The normalized spacial score (nSPS) is 48.6. The van der Waals surface area contributed by atoms with E-state index in [-0.39, 0.29) is 6.61 Å². The van der Waals surface area contributed by atoms with Gasteiger partial charge in [0.05, 0.1) is 18.8 Å². The Morgan fingerprint density at radius 1 is 1.38 bits per heavy atom. The fourth-order valence-electron chi connectivity index (χ4n) is 1.58. The zero-order chi connectivity index (χ0) is 9.42. The molecule has 2 N–H and O–H groups in total. The van der Waals surface area contributed by atoms with E-state index in [1.54, 1.807) is 0 Å². The summed E-state index contributed by atoms with van der Waals surface area (Å²) in [4.78, 5) is 2.55. The minimum absolute atomic E-state index is 0.223. The molecule has 0 aromatic carbocycles. The third kappa shape index (κ3) is 1.27. The molecule has 0 amide bonds. The van der Waals surface area contributed by atoms with Gasteiger partial charge in [0.2, 0.25) is 0 Å². The second-order valence-electron chi connectivity index (χ2n) is 3.05. The molecule has 2 rings (SSSR count). The smallest absolute Gasteiger partial charge is 0.184 e. The summed E-state index contributed by atoms with van der Waals surface area (Å²) in [7, 11) is 0. The third-order valence-corrected chi connectivity index (χ3v) is 2.28. The Hall–Kier alpha value is -0.850. The topological polar surface area (TPSA) is 108 Å². The van der Waals surface area contributed by atoms with Gasteiger partial charge in [-0.15, -0.1) is 0 Å². The molecule has 0 spiro atoms. The predicted molar refractivity (Wildman–Crippen MR) is 39.6 cm³/mol. The van der Waals surface area contributed by atoms with Gasteiger partial charge in [0.15, 0.2) is 6.29 Å². The first-order valence-electron chi connectivity index (χ1n) is 3.91. The van der Waals surface area contributed by atoms with Crippen LogP contribution in [0.15, 0.2) is 5.11 Å². The number of hydrogen-bond acceptors (Lipinski definition) is 5. The van der Waals surface area contributed by atoms with Gasteiger partial charge in [-0.2, -0.15) is 0 Å². The molecule has 0 aliphatic carbocycles. The van der Waals surface area contributed by atoms with Crippen LogP contribution in [0.5, 0.6) is 0 Å². The summed E-state index contributed by atoms with van der Waals surface area (Å²) in [5, 5.41) is 22.3. The monoisotopic (exact) mass is 187 g/mol. The summed E-state index contributed by atoms with van der Waals surface area (Å²) in [6, 6.07) is -0.878. The highest BCUT2D eigenvalue weighted by Gasteiger charge is 2.49. The Kier molecular flexibility index (Phi) is 2.10. The van der Waals surface area contributed by atoms with Crippen molar-refractivity contribution in [2.45, 2.75) is 30.6 Å². The largest absolute Gasteiger partial charge is 0.390 e. The molecule has 2 fully saturated rings. The van der Waals surface area contributed by atoms with Gasteiger partial charge in [0, 0.05) is 4.91 Å². The number of ether oxygens (including phenoxy) is 2. The highest BCUT2D eigenvalue weighted by atomic mass is 16.7. The summed E-state index contributed by atoms with van der Waals surface area (Å²) in [6.45, 7) is 0.223. The van der Waals surface area contributed by atoms with Crippen molar-refractivity contribution >= 4 is 0 Å². The van der Waals surface area contributed by atoms with Gasteiger partial charge in [-0.05, 0) is 5.53 Å². The zero-order valence-electron chi connectivity index (χ0n) is 6.65. The van der Waals surface area contributed by atoms with E-state index in [0.717, 1.165) is 0 Å². The van der Waals surface area contributed by atoms with E-state index in [1.165, 1.54) is 0 Å². The van der Waals surface area contributed by atoms with Crippen LogP contribution in [0.2, 0.25) is 0 Å². The van der Waals surface area contributed by atoms with Crippen molar-refractivity contribution in [3.05, 3.63) is 10.4 Å². The van der Waals surface area contributed by atoms with Crippen LogP contribution >= 0.6 is 0 Å². The number of nitrogens with zero attached hydrogens (tertiary/aromatic N) is 3. The summed E-state index contributed by atoms with van der Waals surface area (Å²) in [6.07, 6.45) is -3.36. The number of aliphatic hydroxyl groups is 2.